The molecule has 100 valence electrons. The summed E-state index contributed by atoms with van der Waals surface area (Å²) in [7, 11) is 0. The summed E-state index contributed by atoms with van der Waals surface area (Å²) in [5.41, 5.74) is 1.24. The first-order chi connectivity index (χ1) is 9.25. The Kier molecular flexibility index (Phi) is 3.30. The van der Waals surface area contributed by atoms with Gasteiger partial charge in [0.1, 0.15) is 11.5 Å². The highest BCUT2D eigenvalue weighted by Gasteiger charge is 2.29. The zero-order valence-electron chi connectivity index (χ0n) is 11.3. The summed E-state index contributed by atoms with van der Waals surface area (Å²) in [6.07, 6.45) is 1.72. The van der Waals surface area contributed by atoms with Crippen molar-refractivity contribution in [1.82, 2.24) is 5.32 Å². The van der Waals surface area contributed by atoms with E-state index in [1.54, 1.807) is 6.26 Å². The molecule has 2 unspecified atom stereocenters. The lowest BCUT2D eigenvalue weighted by Crippen LogP contribution is -2.35. The molecule has 0 amide bonds. The van der Waals surface area contributed by atoms with E-state index in [-0.39, 0.29) is 6.04 Å². The molecule has 0 saturated heterocycles. The number of furan rings is 1. The molecule has 3 rings (SSSR count). The summed E-state index contributed by atoms with van der Waals surface area (Å²) in [4.78, 5) is 0. The minimum Gasteiger partial charge on any atom is -0.493 e. The van der Waals surface area contributed by atoms with Crippen molar-refractivity contribution in [3.63, 3.8) is 0 Å². The van der Waals surface area contributed by atoms with Gasteiger partial charge in [-0.1, -0.05) is 25.1 Å². The van der Waals surface area contributed by atoms with Gasteiger partial charge in [0.05, 0.1) is 18.9 Å². The van der Waals surface area contributed by atoms with Gasteiger partial charge in [-0.05, 0) is 25.1 Å². The van der Waals surface area contributed by atoms with E-state index in [0.717, 1.165) is 18.1 Å². The topological polar surface area (TPSA) is 34.4 Å². The molecular weight excluding hydrogens is 238 g/mol. The lowest BCUT2D eigenvalue weighted by Gasteiger charge is -2.33. The number of hydrogen-bond donors (Lipinski definition) is 1. The highest BCUT2D eigenvalue weighted by molar-refractivity contribution is 5.38. The van der Waals surface area contributed by atoms with Crippen molar-refractivity contribution in [2.45, 2.75) is 25.9 Å². The molecule has 0 radical (unpaired) electrons. The Morgan fingerprint density at radius 1 is 1.21 bits per heavy atom. The third-order valence-electron chi connectivity index (χ3n) is 3.72. The van der Waals surface area contributed by atoms with Crippen LogP contribution in [0.3, 0.4) is 0 Å². The Morgan fingerprint density at radius 2 is 2.05 bits per heavy atom. The Bertz CT molecular complexity index is 535. The Labute approximate surface area is 113 Å². The number of para-hydroxylation sites is 1. The molecule has 1 aliphatic heterocycles. The normalized spacial score (nSPS) is 23.5. The van der Waals surface area contributed by atoms with E-state index in [0.29, 0.717) is 12.0 Å². The first-order valence-corrected chi connectivity index (χ1v) is 6.77. The first kappa shape index (κ1) is 12.3. The molecule has 0 spiro atoms. The molecule has 1 aromatic carbocycles. The van der Waals surface area contributed by atoms with Crippen molar-refractivity contribution in [2.24, 2.45) is 5.92 Å². The van der Waals surface area contributed by atoms with Crippen molar-refractivity contribution in [3.05, 3.63) is 54.0 Å². The van der Waals surface area contributed by atoms with E-state index in [9.17, 15) is 0 Å². The molecule has 0 bridgehead atoms. The lowest BCUT2D eigenvalue weighted by molar-refractivity contribution is 0.179. The van der Waals surface area contributed by atoms with Gasteiger partial charge in [-0.25, -0.2) is 0 Å². The average Bonchev–Trinajstić information content (AvgIpc) is 2.96. The highest BCUT2D eigenvalue weighted by Crippen LogP contribution is 2.36. The first-order valence-electron chi connectivity index (χ1n) is 6.77. The van der Waals surface area contributed by atoms with Crippen molar-refractivity contribution < 1.29 is 9.15 Å². The third-order valence-corrected chi connectivity index (χ3v) is 3.72. The van der Waals surface area contributed by atoms with E-state index < -0.39 is 0 Å². The minimum absolute atomic E-state index is 0.189. The van der Waals surface area contributed by atoms with Crippen molar-refractivity contribution >= 4 is 0 Å². The number of benzene rings is 1. The predicted octanol–water partition coefficient (Wildman–Crippen LogP) is 3.70. The zero-order chi connectivity index (χ0) is 13.2. The second kappa shape index (κ2) is 5.10. The van der Waals surface area contributed by atoms with Crippen LogP contribution in [0.1, 0.15) is 37.3 Å². The van der Waals surface area contributed by atoms with Crippen molar-refractivity contribution in [3.8, 4) is 5.75 Å². The van der Waals surface area contributed by atoms with Crippen LogP contribution in [-0.4, -0.2) is 6.61 Å². The summed E-state index contributed by atoms with van der Waals surface area (Å²) in [5.74, 6) is 2.40. The number of ether oxygens (including phenoxy) is 1. The second-order valence-corrected chi connectivity index (χ2v) is 5.21. The quantitative estimate of drug-likeness (QED) is 0.910. The number of nitrogens with one attached hydrogen (secondary N) is 1. The van der Waals surface area contributed by atoms with Crippen LogP contribution in [0.4, 0.5) is 0 Å². The predicted molar refractivity (Wildman–Crippen MR) is 74.1 cm³/mol. The van der Waals surface area contributed by atoms with Crippen LogP contribution < -0.4 is 10.1 Å². The van der Waals surface area contributed by atoms with E-state index in [1.807, 2.05) is 24.3 Å². The van der Waals surface area contributed by atoms with Crippen LogP contribution in [0.15, 0.2) is 47.1 Å². The van der Waals surface area contributed by atoms with Gasteiger partial charge >= 0.3 is 0 Å². The van der Waals surface area contributed by atoms with Gasteiger partial charge < -0.3 is 14.5 Å². The number of fused-ring (bicyclic) bond motifs is 1. The molecular formula is C16H19NO2. The molecule has 19 heavy (non-hydrogen) atoms. The van der Waals surface area contributed by atoms with Crippen LogP contribution in [0.5, 0.6) is 5.75 Å². The molecule has 3 heteroatoms. The average molecular weight is 257 g/mol. The monoisotopic (exact) mass is 257 g/mol. The molecule has 3 nitrogen and oxygen atoms in total. The molecule has 1 aromatic heterocycles. The summed E-state index contributed by atoms with van der Waals surface area (Å²) >= 11 is 0. The highest BCUT2D eigenvalue weighted by atomic mass is 16.5. The van der Waals surface area contributed by atoms with E-state index in [2.05, 4.69) is 31.3 Å². The van der Waals surface area contributed by atoms with Crippen molar-refractivity contribution in [1.29, 1.82) is 0 Å². The van der Waals surface area contributed by atoms with E-state index >= 15 is 0 Å². The number of rotatable bonds is 3. The Balaban J connectivity index is 1.84. The fraction of sp³-hybridized carbons (Fsp3) is 0.375. The van der Waals surface area contributed by atoms with Gasteiger partial charge in [0.2, 0.25) is 0 Å². The lowest BCUT2D eigenvalue weighted by atomic mass is 9.91. The molecule has 2 heterocycles. The van der Waals surface area contributed by atoms with Crippen LogP contribution in [-0.2, 0) is 0 Å². The van der Waals surface area contributed by atoms with Gasteiger partial charge in [-0.2, -0.15) is 0 Å². The largest absolute Gasteiger partial charge is 0.493 e. The Hall–Kier alpha value is -1.74. The van der Waals surface area contributed by atoms with Crippen LogP contribution in [0.25, 0.3) is 0 Å². The third kappa shape index (κ3) is 2.38. The van der Waals surface area contributed by atoms with Gasteiger partial charge in [-0.3, -0.25) is 0 Å². The van der Waals surface area contributed by atoms with Crippen LogP contribution in [0, 0.1) is 5.92 Å². The second-order valence-electron chi connectivity index (χ2n) is 5.21. The maximum Gasteiger partial charge on any atom is 0.124 e. The maximum absolute atomic E-state index is 5.77. The minimum atomic E-state index is 0.189. The van der Waals surface area contributed by atoms with E-state index in [1.165, 1.54) is 5.56 Å². The van der Waals surface area contributed by atoms with Gasteiger partial charge in [0.25, 0.3) is 0 Å². The van der Waals surface area contributed by atoms with Crippen molar-refractivity contribution in [2.75, 3.05) is 6.61 Å². The SMILES string of the molecule is CC1COc2ccccc2C1N[C@@H](C)c1ccco1. The molecule has 3 atom stereocenters. The van der Waals surface area contributed by atoms with Gasteiger partial charge in [0.15, 0.2) is 0 Å². The zero-order valence-corrected chi connectivity index (χ0v) is 11.3. The molecule has 0 fully saturated rings. The summed E-state index contributed by atoms with van der Waals surface area (Å²) in [5, 5.41) is 3.65. The smallest absolute Gasteiger partial charge is 0.124 e. The molecule has 2 aromatic rings. The molecule has 0 aliphatic carbocycles. The molecule has 0 saturated carbocycles. The maximum atomic E-state index is 5.77. The van der Waals surface area contributed by atoms with Crippen LogP contribution in [0.2, 0.25) is 0 Å². The van der Waals surface area contributed by atoms with E-state index in [4.69, 9.17) is 9.15 Å². The summed E-state index contributed by atoms with van der Waals surface area (Å²) < 4.78 is 11.2. The number of hydrogen-bond acceptors (Lipinski definition) is 3. The standard InChI is InChI=1S/C16H19NO2/c1-11-10-19-15-7-4-3-6-13(15)16(11)17-12(2)14-8-5-9-18-14/h3-9,11-12,16-17H,10H2,1-2H3/t11?,12-,16?/m0/s1. The molecule has 1 N–H and O–H groups in total. The van der Waals surface area contributed by atoms with Crippen LogP contribution >= 0.6 is 0 Å². The summed E-state index contributed by atoms with van der Waals surface area (Å²) in [6.45, 7) is 5.09. The van der Waals surface area contributed by atoms with Gasteiger partial charge in [-0.15, -0.1) is 0 Å². The summed E-state index contributed by atoms with van der Waals surface area (Å²) in [6, 6.07) is 12.7. The fourth-order valence-electron chi connectivity index (χ4n) is 2.64. The fourth-order valence-corrected chi connectivity index (χ4v) is 2.64. The van der Waals surface area contributed by atoms with Gasteiger partial charge in [0, 0.05) is 17.5 Å². The Morgan fingerprint density at radius 3 is 2.84 bits per heavy atom. The molecule has 1 aliphatic rings.